The lowest BCUT2D eigenvalue weighted by Gasteiger charge is -2.35. The van der Waals surface area contributed by atoms with Gasteiger partial charge in [-0.15, -0.1) is 0 Å². The molecule has 0 spiro atoms. The van der Waals surface area contributed by atoms with Crippen LogP contribution in [-0.4, -0.2) is 61.9 Å². The van der Waals surface area contributed by atoms with Crippen LogP contribution in [0.25, 0.3) is 0 Å². The first-order valence-corrected chi connectivity index (χ1v) is 8.77. The van der Waals surface area contributed by atoms with E-state index in [-0.39, 0.29) is 6.10 Å². The van der Waals surface area contributed by atoms with Crippen molar-refractivity contribution in [1.82, 2.24) is 15.5 Å². The molecule has 1 aliphatic rings. The first kappa shape index (κ1) is 20.7. The summed E-state index contributed by atoms with van der Waals surface area (Å²) in [5.74, 6) is -0.509. The Bertz CT molecular complexity index is 570. The van der Waals surface area contributed by atoms with Gasteiger partial charge < -0.3 is 15.4 Å². The van der Waals surface area contributed by atoms with Crippen molar-refractivity contribution in [3.05, 3.63) is 35.4 Å². The van der Waals surface area contributed by atoms with Crippen molar-refractivity contribution in [2.24, 2.45) is 0 Å². The second kappa shape index (κ2) is 9.34. The second-order valence-corrected chi connectivity index (χ2v) is 6.61. The minimum atomic E-state index is -4.39. The number of nitrogens with zero attached hydrogens (tertiary/aromatic N) is 1. The smallest absolute Gasteiger partial charge is 0.374 e. The van der Waals surface area contributed by atoms with Crippen LogP contribution in [0.3, 0.4) is 0 Å². The number of carbonyl (C=O) groups is 1. The summed E-state index contributed by atoms with van der Waals surface area (Å²) >= 11 is 0. The monoisotopic (exact) mass is 373 g/mol. The zero-order chi connectivity index (χ0) is 19.2. The predicted octanol–water partition coefficient (Wildman–Crippen LogP) is 2.18. The van der Waals surface area contributed by atoms with Gasteiger partial charge in [0, 0.05) is 38.3 Å². The summed E-state index contributed by atoms with van der Waals surface area (Å²) in [6.07, 6.45) is -4.29. The molecule has 1 aliphatic heterocycles. The van der Waals surface area contributed by atoms with Gasteiger partial charge in [-0.25, -0.2) is 0 Å². The Morgan fingerprint density at radius 1 is 1.23 bits per heavy atom. The molecule has 1 saturated heterocycles. The fourth-order valence-electron chi connectivity index (χ4n) is 2.75. The highest BCUT2D eigenvalue weighted by Crippen LogP contribution is 2.24. The maximum atomic E-state index is 13.3. The van der Waals surface area contributed by atoms with E-state index in [0.29, 0.717) is 38.3 Å². The minimum Gasteiger partial charge on any atom is -0.374 e. The molecule has 8 heteroatoms. The average Bonchev–Trinajstić information content (AvgIpc) is 2.60. The van der Waals surface area contributed by atoms with Gasteiger partial charge in [-0.3, -0.25) is 9.69 Å². The Balaban J connectivity index is 1.92. The summed E-state index contributed by atoms with van der Waals surface area (Å²) in [5.41, 5.74) is 1.24. The number of piperazine rings is 1. The zero-order valence-electron chi connectivity index (χ0n) is 15.1. The summed E-state index contributed by atoms with van der Waals surface area (Å²) in [6.45, 7) is 5.48. The third-order valence-corrected chi connectivity index (χ3v) is 4.23. The molecule has 1 fully saturated rings. The quantitative estimate of drug-likeness (QED) is 0.769. The fraction of sp³-hybridized carbons (Fsp3) is 0.611. The lowest BCUT2D eigenvalue weighted by atomic mass is 10.1. The molecule has 26 heavy (non-hydrogen) atoms. The fourth-order valence-corrected chi connectivity index (χ4v) is 2.75. The Morgan fingerprint density at radius 2 is 1.85 bits per heavy atom. The first-order chi connectivity index (χ1) is 12.3. The molecule has 146 valence electrons. The minimum absolute atomic E-state index is 0.0993. The molecule has 1 heterocycles. The summed E-state index contributed by atoms with van der Waals surface area (Å²) in [7, 11) is 0. The molecule has 1 aromatic carbocycles. The SMILES string of the molecule is CC(C)OCc1ccc(C(=O)NCC(N2CCNCC2)C(F)(F)F)cc1. The molecular formula is C18H26F3N3O2. The third-order valence-electron chi connectivity index (χ3n) is 4.23. The van der Waals surface area contributed by atoms with Crippen LogP contribution in [-0.2, 0) is 11.3 Å². The van der Waals surface area contributed by atoms with E-state index in [4.69, 9.17) is 4.74 Å². The van der Waals surface area contributed by atoms with Gasteiger partial charge >= 0.3 is 6.18 Å². The number of nitrogens with one attached hydrogen (secondary N) is 2. The molecule has 5 nitrogen and oxygen atoms in total. The Hall–Kier alpha value is -1.64. The molecule has 0 aromatic heterocycles. The second-order valence-electron chi connectivity index (χ2n) is 6.61. The summed E-state index contributed by atoms with van der Waals surface area (Å²) in [6, 6.07) is 5.01. The van der Waals surface area contributed by atoms with E-state index >= 15 is 0 Å². The number of carbonyl (C=O) groups excluding carboxylic acids is 1. The van der Waals surface area contributed by atoms with E-state index in [9.17, 15) is 18.0 Å². The molecule has 1 atom stereocenters. The first-order valence-electron chi connectivity index (χ1n) is 8.77. The van der Waals surface area contributed by atoms with Crippen LogP contribution in [0, 0.1) is 0 Å². The molecule has 0 aliphatic carbocycles. The molecule has 0 saturated carbocycles. The highest BCUT2D eigenvalue weighted by molar-refractivity contribution is 5.94. The van der Waals surface area contributed by atoms with Gasteiger partial charge in [-0.1, -0.05) is 12.1 Å². The third kappa shape index (κ3) is 6.26. The van der Waals surface area contributed by atoms with Crippen LogP contribution < -0.4 is 10.6 Å². The van der Waals surface area contributed by atoms with Crippen LogP contribution in [0.1, 0.15) is 29.8 Å². The van der Waals surface area contributed by atoms with E-state index in [1.807, 2.05) is 13.8 Å². The van der Waals surface area contributed by atoms with Crippen LogP contribution in [0.2, 0.25) is 0 Å². The Kier molecular flexibility index (Phi) is 7.43. The Labute approximate surface area is 151 Å². The lowest BCUT2D eigenvalue weighted by Crippen LogP contribution is -2.57. The van der Waals surface area contributed by atoms with Crippen molar-refractivity contribution >= 4 is 5.91 Å². The number of hydrogen-bond acceptors (Lipinski definition) is 4. The molecule has 0 radical (unpaired) electrons. The molecule has 2 rings (SSSR count). The Morgan fingerprint density at radius 3 is 2.38 bits per heavy atom. The van der Waals surface area contributed by atoms with E-state index < -0.39 is 24.7 Å². The van der Waals surface area contributed by atoms with E-state index in [2.05, 4.69) is 10.6 Å². The number of alkyl halides is 3. The van der Waals surface area contributed by atoms with E-state index in [1.54, 1.807) is 24.3 Å². The van der Waals surface area contributed by atoms with Crippen LogP contribution >= 0.6 is 0 Å². The van der Waals surface area contributed by atoms with Crippen molar-refractivity contribution in [2.45, 2.75) is 38.8 Å². The van der Waals surface area contributed by atoms with E-state index in [1.165, 1.54) is 4.90 Å². The number of rotatable bonds is 7. The molecule has 0 bridgehead atoms. The summed E-state index contributed by atoms with van der Waals surface area (Å²) in [5, 5.41) is 5.45. The van der Waals surface area contributed by atoms with Crippen molar-refractivity contribution < 1.29 is 22.7 Å². The molecule has 1 amide bonds. The van der Waals surface area contributed by atoms with Gasteiger partial charge in [0.05, 0.1) is 12.7 Å². The lowest BCUT2D eigenvalue weighted by molar-refractivity contribution is -0.183. The summed E-state index contributed by atoms with van der Waals surface area (Å²) < 4.78 is 45.5. The molecule has 2 N–H and O–H groups in total. The summed E-state index contributed by atoms with van der Waals surface area (Å²) in [4.78, 5) is 13.6. The van der Waals surface area contributed by atoms with Crippen molar-refractivity contribution in [3.8, 4) is 0 Å². The number of benzene rings is 1. The number of amides is 1. The van der Waals surface area contributed by atoms with E-state index in [0.717, 1.165) is 5.56 Å². The van der Waals surface area contributed by atoms with Gasteiger partial charge in [0.15, 0.2) is 0 Å². The van der Waals surface area contributed by atoms with Gasteiger partial charge in [-0.05, 0) is 31.5 Å². The standard InChI is InChI=1S/C18H26F3N3O2/c1-13(2)26-12-14-3-5-15(6-4-14)17(25)23-11-16(18(19,20)21)24-9-7-22-8-10-24/h3-6,13,16,22H,7-12H2,1-2H3,(H,23,25). The average molecular weight is 373 g/mol. The largest absolute Gasteiger partial charge is 0.405 e. The van der Waals surface area contributed by atoms with Gasteiger partial charge in [-0.2, -0.15) is 13.2 Å². The van der Waals surface area contributed by atoms with Crippen LogP contribution in [0.4, 0.5) is 13.2 Å². The molecule has 1 aromatic rings. The maximum absolute atomic E-state index is 13.3. The normalized spacial score (nSPS) is 17.3. The van der Waals surface area contributed by atoms with Gasteiger partial charge in [0.1, 0.15) is 6.04 Å². The maximum Gasteiger partial charge on any atom is 0.405 e. The number of halogens is 3. The van der Waals surface area contributed by atoms with Crippen LogP contribution in [0.15, 0.2) is 24.3 Å². The number of ether oxygens (including phenoxy) is 1. The van der Waals surface area contributed by atoms with Crippen molar-refractivity contribution in [2.75, 3.05) is 32.7 Å². The topological polar surface area (TPSA) is 53.6 Å². The van der Waals surface area contributed by atoms with Crippen LogP contribution in [0.5, 0.6) is 0 Å². The highest BCUT2D eigenvalue weighted by Gasteiger charge is 2.43. The highest BCUT2D eigenvalue weighted by atomic mass is 19.4. The zero-order valence-corrected chi connectivity index (χ0v) is 15.1. The van der Waals surface area contributed by atoms with Crippen molar-refractivity contribution in [3.63, 3.8) is 0 Å². The van der Waals surface area contributed by atoms with Crippen molar-refractivity contribution in [1.29, 1.82) is 0 Å². The molecule has 1 unspecified atom stereocenters. The number of hydrogen-bond donors (Lipinski definition) is 2. The molecular weight excluding hydrogens is 347 g/mol. The van der Waals surface area contributed by atoms with Gasteiger partial charge in [0.25, 0.3) is 5.91 Å². The predicted molar refractivity (Wildman–Crippen MR) is 93.0 cm³/mol. The van der Waals surface area contributed by atoms with Gasteiger partial charge in [0.2, 0.25) is 0 Å².